The molecule has 9 heteroatoms. The van der Waals surface area contributed by atoms with Crippen LogP contribution in [0.15, 0.2) is 71.5 Å². The Morgan fingerprint density at radius 1 is 1.11 bits per heavy atom. The van der Waals surface area contributed by atoms with Crippen molar-refractivity contribution >= 4 is 34.1 Å². The van der Waals surface area contributed by atoms with E-state index in [-0.39, 0.29) is 22.7 Å². The lowest BCUT2D eigenvalue weighted by Crippen LogP contribution is -2.40. The van der Waals surface area contributed by atoms with Gasteiger partial charge in [-0.1, -0.05) is 54.9 Å². The fourth-order valence-electron chi connectivity index (χ4n) is 4.71. The second kappa shape index (κ2) is 11.6. The number of nitro benzene ring substituents is 1. The van der Waals surface area contributed by atoms with Crippen LogP contribution in [0, 0.1) is 17.0 Å². The molecule has 8 nitrogen and oxygen atoms in total. The van der Waals surface area contributed by atoms with Crippen molar-refractivity contribution in [3.63, 3.8) is 0 Å². The molecule has 0 aliphatic heterocycles. The number of aryl methyl sites for hydroxylation is 1. The van der Waals surface area contributed by atoms with E-state index >= 15 is 0 Å². The van der Waals surface area contributed by atoms with Crippen molar-refractivity contribution in [3.05, 3.63) is 115 Å². The van der Waals surface area contributed by atoms with Gasteiger partial charge in [-0.25, -0.2) is 4.98 Å². The van der Waals surface area contributed by atoms with Crippen LogP contribution in [0.2, 0.25) is 5.02 Å². The number of benzene rings is 3. The van der Waals surface area contributed by atoms with Crippen LogP contribution in [-0.4, -0.2) is 31.8 Å². The molecule has 0 aliphatic rings. The molecule has 4 aromatic rings. The first-order valence-corrected chi connectivity index (χ1v) is 12.9. The van der Waals surface area contributed by atoms with Gasteiger partial charge < -0.3 is 4.90 Å². The SMILES string of the molecule is CCC(c1nc2cc(Cl)ccc2c(=O)n1CC)N(CCc1ccccc1)C(=O)c1ccc(C)c([N+](=O)[O-])c1. The number of amides is 1. The number of aromatic nitrogens is 2. The summed E-state index contributed by atoms with van der Waals surface area (Å²) in [6.45, 7) is 6.13. The van der Waals surface area contributed by atoms with Gasteiger partial charge in [0.1, 0.15) is 5.82 Å². The number of carbonyl (C=O) groups is 1. The average Bonchev–Trinajstić information content (AvgIpc) is 2.91. The molecule has 0 radical (unpaired) electrons. The summed E-state index contributed by atoms with van der Waals surface area (Å²) in [6, 6.07) is 18.7. The first-order chi connectivity index (χ1) is 18.2. The Morgan fingerprint density at radius 2 is 1.84 bits per heavy atom. The van der Waals surface area contributed by atoms with Crippen molar-refractivity contribution in [3.8, 4) is 0 Å². The van der Waals surface area contributed by atoms with Gasteiger partial charge in [0.2, 0.25) is 0 Å². The highest BCUT2D eigenvalue weighted by molar-refractivity contribution is 6.31. The monoisotopic (exact) mass is 532 g/mol. The van der Waals surface area contributed by atoms with Crippen LogP contribution in [0.4, 0.5) is 5.69 Å². The Bertz CT molecular complexity index is 1550. The zero-order valence-electron chi connectivity index (χ0n) is 21.6. The molecule has 0 aliphatic carbocycles. The lowest BCUT2D eigenvalue weighted by atomic mass is 10.0. The second-order valence-corrected chi connectivity index (χ2v) is 9.53. The molecule has 196 valence electrons. The van der Waals surface area contributed by atoms with Gasteiger partial charge in [-0.3, -0.25) is 24.3 Å². The number of fused-ring (bicyclic) bond motifs is 1. The number of hydrogen-bond donors (Lipinski definition) is 0. The minimum Gasteiger partial charge on any atom is -0.328 e. The molecule has 1 unspecified atom stereocenters. The van der Waals surface area contributed by atoms with Gasteiger partial charge in [-0.05, 0) is 56.5 Å². The van der Waals surface area contributed by atoms with E-state index in [9.17, 15) is 19.7 Å². The van der Waals surface area contributed by atoms with E-state index in [1.165, 1.54) is 6.07 Å². The Hall–Kier alpha value is -4.04. The number of carbonyl (C=O) groups excluding carboxylic acids is 1. The predicted octanol–water partition coefficient (Wildman–Crippen LogP) is 6.12. The third kappa shape index (κ3) is 5.45. The van der Waals surface area contributed by atoms with E-state index in [1.54, 1.807) is 46.7 Å². The molecule has 1 amide bonds. The topological polar surface area (TPSA) is 98.3 Å². The first kappa shape index (κ1) is 27.0. The van der Waals surface area contributed by atoms with Gasteiger partial charge in [0.25, 0.3) is 17.2 Å². The average molecular weight is 533 g/mol. The Labute approximate surface area is 225 Å². The summed E-state index contributed by atoms with van der Waals surface area (Å²) in [5.41, 5.74) is 1.87. The molecule has 0 saturated carbocycles. The third-order valence-electron chi connectivity index (χ3n) is 6.72. The maximum Gasteiger partial charge on any atom is 0.273 e. The highest BCUT2D eigenvalue weighted by Gasteiger charge is 2.30. The molecule has 0 saturated heterocycles. The lowest BCUT2D eigenvalue weighted by Gasteiger charge is -2.32. The zero-order chi connectivity index (χ0) is 27.4. The highest BCUT2D eigenvalue weighted by Crippen LogP contribution is 2.28. The van der Waals surface area contributed by atoms with E-state index in [1.807, 2.05) is 44.2 Å². The summed E-state index contributed by atoms with van der Waals surface area (Å²) in [5, 5.41) is 12.5. The van der Waals surface area contributed by atoms with Crippen molar-refractivity contribution in [2.45, 2.75) is 46.2 Å². The number of rotatable bonds is 9. The van der Waals surface area contributed by atoms with Crippen LogP contribution in [0.3, 0.4) is 0 Å². The Balaban J connectivity index is 1.85. The van der Waals surface area contributed by atoms with Gasteiger partial charge in [0.15, 0.2) is 0 Å². The van der Waals surface area contributed by atoms with E-state index in [0.29, 0.717) is 53.2 Å². The van der Waals surface area contributed by atoms with Crippen LogP contribution in [-0.2, 0) is 13.0 Å². The summed E-state index contributed by atoms with van der Waals surface area (Å²) in [6.07, 6.45) is 1.04. The molecule has 1 heterocycles. The van der Waals surface area contributed by atoms with E-state index in [2.05, 4.69) is 0 Å². The molecular formula is C29H29ClN4O4. The molecule has 0 spiro atoms. The standard InChI is InChI=1S/C29H29ClN4O4/c1-4-25(27-31-24-18-22(30)13-14-23(24)29(36)32(27)5-2)33(16-15-20-9-7-6-8-10-20)28(35)21-12-11-19(3)26(17-21)34(37)38/h6-14,17-18,25H,4-5,15-16H2,1-3H3. The Kier molecular flexibility index (Phi) is 8.22. The quantitative estimate of drug-likeness (QED) is 0.191. The van der Waals surface area contributed by atoms with Crippen LogP contribution in [0.25, 0.3) is 10.9 Å². The van der Waals surface area contributed by atoms with Crippen molar-refractivity contribution in [2.75, 3.05) is 6.54 Å². The van der Waals surface area contributed by atoms with Crippen molar-refractivity contribution < 1.29 is 9.72 Å². The number of hydrogen-bond acceptors (Lipinski definition) is 5. The molecular weight excluding hydrogens is 504 g/mol. The van der Waals surface area contributed by atoms with Gasteiger partial charge in [0.05, 0.1) is 21.9 Å². The van der Waals surface area contributed by atoms with E-state index in [0.717, 1.165) is 5.56 Å². The van der Waals surface area contributed by atoms with E-state index < -0.39 is 11.0 Å². The largest absolute Gasteiger partial charge is 0.328 e. The summed E-state index contributed by atoms with van der Waals surface area (Å²) in [7, 11) is 0. The summed E-state index contributed by atoms with van der Waals surface area (Å²) >= 11 is 6.21. The number of nitrogens with zero attached hydrogens (tertiary/aromatic N) is 4. The molecule has 1 atom stereocenters. The minimum atomic E-state index is -0.553. The Morgan fingerprint density at radius 3 is 2.50 bits per heavy atom. The summed E-state index contributed by atoms with van der Waals surface area (Å²) in [5.74, 6) is 0.0942. The maximum atomic E-state index is 14.0. The summed E-state index contributed by atoms with van der Waals surface area (Å²) < 4.78 is 1.59. The third-order valence-corrected chi connectivity index (χ3v) is 6.96. The smallest absolute Gasteiger partial charge is 0.273 e. The minimum absolute atomic E-state index is 0.115. The van der Waals surface area contributed by atoms with Crippen molar-refractivity contribution in [1.82, 2.24) is 14.5 Å². The maximum absolute atomic E-state index is 14.0. The predicted molar refractivity (Wildman–Crippen MR) is 149 cm³/mol. The molecule has 38 heavy (non-hydrogen) atoms. The molecule has 0 bridgehead atoms. The lowest BCUT2D eigenvalue weighted by molar-refractivity contribution is -0.385. The highest BCUT2D eigenvalue weighted by atomic mass is 35.5. The zero-order valence-corrected chi connectivity index (χ0v) is 22.3. The first-order valence-electron chi connectivity index (χ1n) is 12.5. The van der Waals surface area contributed by atoms with Crippen molar-refractivity contribution in [2.24, 2.45) is 0 Å². The molecule has 0 N–H and O–H groups in total. The number of nitro groups is 1. The van der Waals surface area contributed by atoms with Gasteiger partial charge in [0, 0.05) is 35.3 Å². The van der Waals surface area contributed by atoms with Gasteiger partial charge in [-0.15, -0.1) is 0 Å². The number of halogens is 1. The molecule has 4 rings (SSSR count). The van der Waals surface area contributed by atoms with Crippen molar-refractivity contribution in [1.29, 1.82) is 0 Å². The van der Waals surface area contributed by atoms with Crippen LogP contribution in [0.5, 0.6) is 0 Å². The molecule has 0 fully saturated rings. The second-order valence-electron chi connectivity index (χ2n) is 9.10. The fourth-order valence-corrected chi connectivity index (χ4v) is 4.88. The van der Waals surface area contributed by atoms with Crippen LogP contribution in [0.1, 0.15) is 53.6 Å². The normalized spacial score (nSPS) is 11.9. The van der Waals surface area contributed by atoms with Crippen LogP contribution >= 0.6 is 11.6 Å². The summed E-state index contributed by atoms with van der Waals surface area (Å²) in [4.78, 5) is 45.0. The van der Waals surface area contributed by atoms with E-state index in [4.69, 9.17) is 16.6 Å². The van der Waals surface area contributed by atoms with Gasteiger partial charge >= 0.3 is 0 Å². The molecule has 1 aromatic heterocycles. The molecule has 3 aromatic carbocycles. The van der Waals surface area contributed by atoms with Crippen LogP contribution < -0.4 is 5.56 Å². The fraction of sp³-hybridized carbons (Fsp3) is 0.276. The van der Waals surface area contributed by atoms with Gasteiger partial charge in [-0.2, -0.15) is 0 Å².